The number of hydrogen-bond donors (Lipinski definition) is 2. The van der Waals surface area contributed by atoms with Gasteiger partial charge < -0.3 is 14.7 Å². The Morgan fingerprint density at radius 3 is 2.48 bits per heavy atom. The molecule has 0 spiro atoms. The number of aromatic carboxylic acids is 1. The van der Waals surface area contributed by atoms with E-state index in [2.05, 4.69) is 0 Å². The maximum absolute atomic E-state index is 12.2. The molecule has 1 aliphatic rings. The van der Waals surface area contributed by atoms with Gasteiger partial charge in [-0.15, -0.1) is 11.6 Å². The number of benzene rings is 2. The lowest BCUT2D eigenvalue weighted by Crippen LogP contribution is -2.23. The Morgan fingerprint density at radius 2 is 1.96 bits per heavy atom. The highest BCUT2D eigenvalue weighted by molar-refractivity contribution is 7.89. The molecule has 2 aromatic carbocycles. The summed E-state index contributed by atoms with van der Waals surface area (Å²) in [5.74, 6) is -0.849. The smallest absolute Gasteiger partial charge is 0.335 e. The molecular weight excluding hydrogens is 392 g/mol. The van der Waals surface area contributed by atoms with Gasteiger partial charge in [-0.1, -0.05) is 17.7 Å². The molecule has 0 amide bonds. The van der Waals surface area contributed by atoms with Crippen LogP contribution in [0.3, 0.4) is 0 Å². The average Bonchev–Trinajstić information content (AvgIpc) is 3.02. The van der Waals surface area contributed by atoms with Gasteiger partial charge in [0.15, 0.2) is 5.75 Å². The lowest BCUT2D eigenvalue weighted by molar-refractivity contribution is 0.0696. The van der Waals surface area contributed by atoms with Crippen LogP contribution in [0.15, 0.2) is 41.3 Å². The number of nitrogens with two attached hydrogens (primary N) is 1. The quantitative estimate of drug-likeness (QED) is 0.733. The van der Waals surface area contributed by atoms with Crippen molar-refractivity contribution < 1.29 is 23.1 Å². The van der Waals surface area contributed by atoms with E-state index in [-0.39, 0.29) is 21.6 Å². The van der Waals surface area contributed by atoms with Gasteiger partial charge >= 0.3 is 5.97 Å². The van der Waals surface area contributed by atoms with E-state index in [0.29, 0.717) is 30.9 Å². The number of carboxylic acids is 1. The number of sulfonamides is 1. The Bertz CT molecular complexity index is 976. The molecule has 3 rings (SSSR count). The number of ether oxygens (including phenoxy) is 1. The second-order valence-corrected chi connectivity index (χ2v) is 8.57. The molecule has 1 heterocycles. The zero-order valence-corrected chi connectivity index (χ0v) is 16.1. The Balaban J connectivity index is 2.19. The largest absolute Gasteiger partial charge is 0.478 e. The van der Waals surface area contributed by atoms with Crippen molar-refractivity contribution in [3.63, 3.8) is 0 Å². The summed E-state index contributed by atoms with van der Waals surface area (Å²) in [4.78, 5) is 12.9. The van der Waals surface area contributed by atoms with E-state index < -0.39 is 16.0 Å². The van der Waals surface area contributed by atoms with Gasteiger partial charge in [-0.05, 0) is 37.6 Å². The van der Waals surface area contributed by atoms with Gasteiger partial charge in [-0.3, -0.25) is 0 Å². The summed E-state index contributed by atoms with van der Waals surface area (Å²) >= 11 is 6.18. The lowest BCUT2D eigenvalue weighted by Gasteiger charge is -2.23. The summed E-state index contributed by atoms with van der Waals surface area (Å²) in [5.41, 5.74) is 1.16. The number of rotatable bonds is 5. The van der Waals surface area contributed by atoms with E-state index in [1.54, 1.807) is 12.1 Å². The molecule has 144 valence electrons. The van der Waals surface area contributed by atoms with E-state index in [0.717, 1.165) is 11.6 Å². The summed E-state index contributed by atoms with van der Waals surface area (Å²) in [6, 6.07) is 9.44. The maximum atomic E-state index is 12.2. The number of carboxylic acid groups (broad SMARTS) is 1. The van der Waals surface area contributed by atoms with Gasteiger partial charge in [0.2, 0.25) is 10.0 Å². The minimum absolute atomic E-state index is 0.00267. The monoisotopic (exact) mass is 410 g/mol. The van der Waals surface area contributed by atoms with Crippen LogP contribution in [0.5, 0.6) is 11.5 Å². The molecule has 3 N–H and O–H groups in total. The van der Waals surface area contributed by atoms with Crippen molar-refractivity contribution in [1.29, 1.82) is 0 Å². The minimum atomic E-state index is -4.23. The lowest BCUT2D eigenvalue weighted by atomic mass is 10.1. The normalized spacial score (nSPS) is 17.1. The fraction of sp³-hybridized carbons (Fsp3) is 0.278. The standard InChI is InChI=1S/C18H19ClN2O5S/c1-11-2-4-14(5-3-11)26-17-15(21-7-6-13(19)10-21)8-12(18(22)23)9-16(17)27(20,24)25/h2-5,8-9,13H,6-7,10H2,1H3,(H,22,23)(H2,20,24,25). The van der Waals surface area contributed by atoms with Crippen LogP contribution in [0, 0.1) is 6.92 Å². The van der Waals surface area contributed by atoms with Crippen molar-refractivity contribution in [2.24, 2.45) is 5.14 Å². The van der Waals surface area contributed by atoms with Crippen LogP contribution >= 0.6 is 11.6 Å². The molecule has 27 heavy (non-hydrogen) atoms. The highest BCUT2D eigenvalue weighted by Gasteiger charge is 2.29. The van der Waals surface area contributed by atoms with Gasteiger partial charge in [-0.2, -0.15) is 0 Å². The third-order valence-corrected chi connectivity index (χ3v) is 5.57. The fourth-order valence-electron chi connectivity index (χ4n) is 2.92. The molecule has 1 saturated heterocycles. The van der Waals surface area contributed by atoms with E-state index in [4.69, 9.17) is 21.5 Å². The Kier molecular flexibility index (Phi) is 5.32. The number of carbonyl (C=O) groups is 1. The van der Waals surface area contributed by atoms with E-state index in [1.165, 1.54) is 6.07 Å². The molecule has 0 radical (unpaired) electrons. The Morgan fingerprint density at radius 1 is 1.30 bits per heavy atom. The summed E-state index contributed by atoms with van der Waals surface area (Å²) in [7, 11) is -4.23. The minimum Gasteiger partial charge on any atom is -0.478 e. The zero-order chi connectivity index (χ0) is 19.8. The zero-order valence-electron chi connectivity index (χ0n) is 14.6. The first kappa shape index (κ1) is 19.5. The maximum Gasteiger partial charge on any atom is 0.335 e. The highest BCUT2D eigenvalue weighted by atomic mass is 35.5. The van der Waals surface area contributed by atoms with Gasteiger partial charge in [0.1, 0.15) is 10.6 Å². The van der Waals surface area contributed by atoms with Crippen molar-refractivity contribution in [2.75, 3.05) is 18.0 Å². The van der Waals surface area contributed by atoms with Crippen molar-refractivity contribution in [1.82, 2.24) is 0 Å². The van der Waals surface area contributed by atoms with Crippen LogP contribution in [0.25, 0.3) is 0 Å². The van der Waals surface area contributed by atoms with E-state index in [1.807, 2.05) is 24.0 Å². The second kappa shape index (κ2) is 7.38. The molecule has 1 fully saturated rings. The molecule has 1 atom stereocenters. The van der Waals surface area contributed by atoms with Crippen LogP contribution in [-0.4, -0.2) is 38.0 Å². The van der Waals surface area contributed by atoms with Crippen LogP contribution in [0.4, 0.5) is 5.69 Å². The first-order chi connectivity index (χ1) is 12.6. The first-order valence-corrected chi connectivity index (χ1v) is 10.2. The highest BCUT2D eigenvalue weighted by Crippen LogP contribution is 2.41. The number of nitrogens with zero attached hydrogens (tertiary/aromatic N) is 1. The number of halogens is 1. The molecule has 7 nitrogen and oxygen atoms in total. The molecule has 1 unspecified atom stereocenters. The number of anilines is 1. The molecule has 2 aromatic rings. The van der Waals surface area contributed by atoms with Crippen molar-refractivity contribution >= 4 is 33.3 Å². The van der Waals surface area contributed by atoms with Gasteiger partial charge in [0, 0.05) is 13.1 Å². The van der Waals surface area contributed by atoms with Crippen LogP contribution in [0.2, 0.25) is 0 Å². The Labute approximate surface area is 162 Å². The van der Waals surface area contributed by atoms with Crippen LogP contribution in [-0.2, 0) is 10.0 Å². The molecular formula is C18H19ClN2O5S. The molecule has 0 aromatic heterocycles. The fourth-order valence-corrected chi connectivity index (χ4v) is 3.88. The van der Waals surface area contributed by atoms with Gasteiger partial charge in [0.05, 0.1) is 16.6 Å². The third kappa shape index (κ3) is 4.35. The third-order valence-electron chi connectivity index (χ3n) is 4.30. The average molecular weight is 411 g/mol. The predicted octanol–water partition coefficient (Wildman–Crippen LogP) is 2.95. The topological polar surface area (TPSA) is 110 Å². The van der Waals surface area contributed by atoms with Gasteiger partial charge in [0.25, 0.3) is 0 Å². The molecule has 9 heteroatoms. The number of alkyl halides is 1. The number of aryl methyl sites for hydroxylation is 1. The molecule has 0 bridgehead atoms. The number of primary sulfonamides is 1. The predicted molar refractivity (Wildman–Crippen MR) is 102 cm³/mol. The van der Waals surface area contributed by atoms with E-state index in [9.17, 15) is 18.3 Å². The summed E-state index contributed by atoms with van der Waals surface area (Å²) in [5, 5.41) is 14.6. The van der Waals surface area contributed by atoms with Crippen molar-refractivity contribution in [2.45, 2.75) is 23.6 Å². The first-order valence-electron chi connectivity index (χ1n) is 8.23. The molecule has 0 saturated carbocycles. The van der Waals surface area contributed by atoms with Crippen molar-refractivity contribution in [3.05, 3.63) is 47.5 Å². The summed E-state index contributed by atoms with van der Waals surface area (Å²) in [6.45, 7) is 2.90. The number of hydrogen-bond acceptors (Lipinski definition) is 5. The van der Waals surface area contributed by atoms with E-state index >= 15 is 0 Å². The van der Waals surface area contributed by atoms with Crippen LogP contribution < -0.4 is 14.8 Å². The second-order valence-electron chi connectivity index (χ2n) is 6.42. The Hall–Kier alpha value is -2.29. The molecule has 0 aliphatic carbocycles. The van der Waals surface area contributed by atoms with Crippen LogP contribution in [0.1, 0.15) is 22.3 Å². The van der Waals surface area contributed by atoms with Gasteiger partial charge in [-0.25, -0.2) is 18.4 Å². The SMILES string of the molecule is Cc1ccc(Oc2c(N3CCC(Cl)C3)cc(C(=O)O)cc2S(N)(=O)=O)cc1. The summed E-state index contributed by atoms with van der Waals surface area (Å²) < 4.78 is 30.2. The molecule has 1 aliphatic heterocycles. The summed E-state index contributed by atoms with van der Waals surface area (Å²) in [6.07, 6.45) is 0.688. The van der Waals surface area contributed by atoms with Crippen molar-refractivity contribution in [3.8, 4) is 11.5 Å².